The summed E-state index contributed by atoms with van der Waals surface area (Å²) >= 11 is 0. The van der Waals surface area contributed by atoms with Gasteiger partial charge in [0.15, 0.2) is 0 Å². The molecule has 0 aromatic rings. The van der Waals surface area contributed by atoms with Gasteiger partial charge in [-0.05, 0) is 6.92 Å². The number of carbonyl (C=O) groups excluding carboxylic acids is 2. The molecular weight excluding hydrogens is 136 g/mol. The molecule has 0 saturated heterocycles. The predicted octanol–water partition coefficient (Wildman–Crippen LogP) is 0.0310. The van der Waals surface area contributed by atoms with Gasteiger partial charge in [0.2, 0.25) is 0 Å². The first-order valence-electron chi connectivity index (χ1n) is 2.48. The number of carbonyl (C=O) groups is 2. The fourth-order valence-electron chi connectivity index (χ4n) is 0.219. The van der Waals surface area contributed by atoms with Crippen molar-refractivity contribution < 1.29 is 19.4 Å². The summed E-state index contributed by atoms with van der Waals surface area (Å²) in [4.78, 5) is 28.0. The Labute approximate surface area is 58.0 Å². The highest BCUT2D eigenvalue weighted by Crippen LogP contribution is 1.79. The third-order valence-corrected chi connectivity index (χ3v) is 0.462. The molecule has 0 aliphatic carbocycles. The lowest BCUT2D eigenvalue weighted by atomic mass is 10.6. The van der Waals surface area contributed by atoms with Gasteiger partial charge in [0.05, 0.1) is 0 Å². The van der Waals surface area contributed by atoms with E-state index in [2.05, 4.69) is 15.7 Å². The van der Waals surface area contributed by atoms with E-state index in [9.17, 15) is 9.59 Å². The second-order valence-electron chi connectivity index (χ2n) is 1.32. The van der Waals surface area contributed by atoms with E-state index in [1.165, 1.54) is 6.92 Å². The quantitative estimate of drug-likeness (QED) is 0.272. The fraction of sp³-hybridized carbons (Fsp3) is 0.333. The monoisotopic (exact) mass is 142 g/mol. The zero-order valence-corrected chi connectivity index (χ0v) is 5.63. The molecular formula is C6H6O4. The van der Waals surface area contributed by atoms with Gasteiger partial charge in [-0.25, -0.2) is 19.4 Å². The molecule has 0 aliphatic heterocycles. The van der Waals surface area contributed by atoms with Crippen LogP contribution < -0.4 is 0 Å². The summed E-state index contributed by atoms with van der Waals surface area (Å²) in [5, 5.41) is 0. The summed E-state index contributed by atoms with van der Waals surface area (Å²) < 4.78 is 0. The Morgan fingerprint density at radius 2 is 1.90 bits per heavy atom. The summed E-state index contributed by atoms with van der Waals surface area (Å²) in [6, 6.07) is 0. The largest absolute Gasteiger partial charge is 0.429 e. The van der Waals surface area contributed by atoms with Gasteiger partial charge in [-0.1, -0.05) is 5.92 Å². The number of hydrogen-bond acceptors (Lipinski definition) is 4. The van der Waals surface area contributed by atoms with Crippen LogP contribution in [0.5, 0.6) is 0 Å². The predicted molar refractivity (Wildman–Crippen MR) is 31.3 cm³/mol. The van der Waals surface area contributed by atoms with E-state index in [1.807, 2.05) is 5.92 Å². The van der Waals surface area contributed by atoms with Crippen LogP contribution in [-0.4, -0.2) is 11.9 Å². The van der Waals surface area contributed by atoms with Crippen molar-refractivity contribution in [3.8, 4) is 11.8 Å². The van der Waals surface area contributed by atoms with Crippen molar-refractivity contribution >= 4 is 11.9 Å². The fourth-order valence-corrected chi connectivity index (χ4v) is 0.219. The van der Waals surface area contributed by atoms with E-state index in [1.54, 1.807) is 0 Å². The molecule has 0 unspecified atom stereocenters. The average Bonchev–Trinajstić information content (AvgIpc) is 1.85. The lowest BCUT2D eigenvalue weighted by molar-refractivity contribution is -0.252. The van der Waals surface area contributed by atoms with Crippen molar-refractivity contribution in [2.75, 3.05) is 0 Å². The Balaban J connectivity index is 3.57. The molecule has 0 radical (unpaired) electrons. The highest BCUT2D eigenvalue weighted by molar-refractivity contribution is 5.88. The topological polar surface area (TPSA) is 52.6 Å². The van der Waals surface area contributed by atoms with Crippen LogP contribution in [0.15, 0.2) is 0 Å². The first-order valence-corrected chi connectivity index (χ1v) is 2.48. The third kappa shape index (κ3) is 4.65. The van der Waals surface area contributed by atoms with E-state index in [0.29, 0.717) is 0 Å². The number of hydrogen-bond donors (Lipinski definition) is 0. The Kier molecular flexibility index (Phi) is 3.73. The maximum absolute atomic E-state index is 10.3. The van der Waals surface area contributed by atoms with Crippen LogP contribution in [-0.2, 0) is 19.4 Å². The van der Waals surface area contributed by atoms with Crippen LogP contribution in [0.1, 0.15) is 13.8 Å². The van der Waals surface area contributed by atoms with E-state index >= 15 is 0 Å². The summed E-state index contributed by atoms with van der Waals surface area (Å²) in [5.41, 5.74) is 0. The molecule has 0 aliphatic rings. The molecule has 0 N–H and O–H groups in total. The van der Waals surface area contributed by atoms with Crippen molar-refractivity contribution in [2.45, 2.75) is 13.8 Å². The summed E-state index contributed by atoms with van der Waals surface area (Å²) in [5.74, 6) is 2.72. The summed E-state index contributed by atoms with van der Waals surface area (Å²) in [7, 11) is 0. The Bertz CT molecular complexity index is 196. The Morgan fingerprint density at radius 1 is 1.30 bits per heavy atom. The Morgan fingerprint density at radius 3 is 2.30 bits per heavy atom. The summed E-state index contributed by atoms with van der Waals surface area (Å²) in [6.45, 7) is 2.59. The first kappa shape index (κ1) is 8.50. The zero-order chi connectivity index (χ0) is 7.98. The van der Waals surface area contributed by atoms with E-state index < -0.39 is 11.9 Å². The van der Waals surface area contributed by atoms with Crippen molar-refractivity contribution in [2.24, 2.45) is 0 Å². The highest BCUT2D eigenvalue weighted by atomic mass is 17.2. The van der Waals surface area contributed by atoms with Gasteiger partial charge in [0.25, 0.3) is 0 Å². The first-order chi connectivity index (χ1) is 4.66. The molecule has 4 nitrogen and oxygen atoms in total. The van der Waals surface area contributed by atoms with Crippen LogP contribution in [0.25, 0.3) is 0 Å². The van der Waals surface area contributed by atoms with Crippen LogP contribution >= 0.6 is 0 Å². The smallest absolute Gasteiger partial charge is 0.248 e. The molecule has 0 aromatic heterocycles. The van der Waals surface area contributed by atoms with Gasteiger partial charge >= 0.3 is 11.9 Å². The van der Waals surface area contributed by atoms with E-state index in [0.717, 1.165) is 6.92 Å². The van der Waals surface area contributed by atoms with Gasteiger partial charge in [0, 0.05) is 12.8 Å². The van der Waals surface area contributed by atoms with Crippen LogP contribution in [0.2, 0.25) is 0 Å². The van der Waals surface area contributed by atoms with Crippen LogP contribution in [0, 0.1) is 11.8 Å². The molecule has 54 valence electrons. The maximum atomic E-state index is 10.3. The molecule has 0 bridgehead atoms. The van der Waals surface area contributed by atoms with Crippen molar-refractivity contribution in [1.82, 2.24) is 0 Å². The van der Waals surface area contributed by atoms with E-state index in [-0.39, 0.29) is 0 Å². The third-order valence-electron chi connectivity index (χ3n) is 0.462. The van der Waals surface area contributed by atoms with Crippen LogP contribution in [0.3, 0.4) is 0 Å². The molecule has 0 amide bonds. The second-order valence-corrected chi connectivity index (χ2v) is 1.32. The summed E-state index contributed by atoms with van der Waals surface area (Å²) in [6.07, 6.45) is 0. The molecule has 0 aromatic carbocycles. The van der Waals surface area contributed by atoms with Crippen molar-refractivity contribution in [3.05, 3.63) is 0 Å². The van der Waals surface area contributed by atoms with E-state index in [4.69, 9.17) is 0 Å². The number of rotatable bonds is 0. The van der Waals surface area contributed by atoms with Gasteiger partial charge < -0.3 is 0 Å². The van der Waals surface area contributed by atoms with Gasteiger partial charge in [0.1, 0.15) is 0 Å². The minimum absolute atomic E-state index is 0.689. The SMILES string of the molecule is CC#CC(=O)OOC(C)=O. The molecule has 0 atom stereocenters. The van der Waals surface area contributed by atoms with Crippen molar-refractivity contribution in [1.29, 1.82) is 0 Å². The zero-order valence-electron chi connectivity index (χ0n) is 5.63. The average molecular weight is 142 g/mol. The van der Waals surface area contributed by atoms with Crippen molar-refractivity contribution in [3.63, 3.8) is 0 Å². The van der Waals surface area contributed by atoms with Gasteiger partial charge in [-0.3, -0.25) is 0 Å². The second kappa shape index (κ2) is 4.39. The Hall–Kier alpha value is -1.50. The lowest BCUT2D eigenvalue weighted by Gasteiger charge is -1.92. The molecule has 4 heteroatoms. The van der Waals surface area contributed by atoms with Crippen LogP contribution in [0.4, 0.5) is 0 Å². The normalized spacial score (nSPS) is 7.00. The molecule has 0 fully saturated rings. The standard InChI is InChI=1S/C6H6O4/c1-3-4-6(8)10-9-5(2)7/h1-2H3. The molecule has 0 rings (SSSR count). The molecule has 0 saturated carbocycles. The minimum Gasteiger partial charge on any atom is -0.248 e. The highest BCUT2D eigenvalue weighted by Gasteiger charge is 1.99. The van der Waals surface area contributed by atoms with Gasteiger partial charge in [-0.15, -0.1) is 0 Å². The minimum atomic E-state index is -0.877. The lowest BCUT2D eigenvalue weighted by Crippen LogP contribution is -2.05. The molecule has 10 heavy (non-hydrogen) atoms. The molecule has 0 heterocycles. The molecule has 0 spiro atoms. The van der Waals surface area contributed by atoms with Gasteiger partial charge in [-0.2, -0.15) is 0 Å². The maximum Gasteiger partial charge on any atom is 0.429 e.